The summed E-state index contributed by atoms with van der Waals surface area (Å²) < 4.78 is 36.3. The molecule has 1 N–H and O–H groups in total. The number of amides is 2. The first-order chi connectivity index (χ1) is 24.1. The minimum absolute atomic E-state index is 0.0267. The van der Waals surface area contributed by atoms with Crippen LogP contribution in [0.3, 0.4) is 0 Å². The van der Waals surface area contributed by atoms with Crippen molar-refractivity contribution < 1.29 is 23.3 Å². The molecule has 8 atom stereocenters. The number of carbonyl (C=O) groups is 2. The summed E-state index contributed by atoms with van der Waals surface area (Å²) in [6.07, 6.45) is 12.5. The van der Waals surface area contributed by atoms with Crippen LogP contribution < -0.4 is 14.4 Å². The van der Waals surface area contributed by atoms with Crippen LogP contribution in [0.4, 0.5) is 5.69 Å². The lowest BCUT2D eigenvalue weighted by Gasteiger charge is -2.44. The third-order valence-electron chi connectivity index (χ3n) is 11.8. The predicted molar refractivity (Wildman–Crippen MR) is 195 cm³/mol. The number of nitrogens with one attached hydrogen (secondary N) is 1. The molecule has 3 aliphatic carbocycles. The normalized spacial score (nSPS) is 33.5. The molecule has 1 spiro atoms. The van der Waals surface area contributed by atoms with Crippen LogP contribution in [0.5, 0.6) is 5.75 Å². The molecule has 5 aliphatic rings. The smallest absolute Gasteiger partial charge is 0.286 e. The Morgan fingerprint density at radius 2 is 2.04 bits per heavy atom. The zero-order chi connectivity index (χ0) is 34.8. The van der Waals surface area contributed by atoms with E-state index in [2.05, 4.69) is 38.3 Å². The molecule has 2 saturated carbocycles. The van der Waals surface area contributed by atoms with Crippen molar-refractivity contribution in [3.63, 3.8) is 0 Å². The maximum Gasteiger partial charge on any atom is 0.286 e. The third kappa shape index (κ3) is 5.87. The summed E-state index contributed by atoms with van der Waals surface area (Å²) >= 11 is 6.46. The standard InChI is InChI=1S/C39H45ClN4O5S/c1-4-43-17-16-28(20-43)38(46)42-50(47)22-24(2)6-5-7-34(48-3)30-12-8-27(30)21-44-23-39-31-14-11-29(40)18-25(31)9-13-32(39)36(39)49-35-15-10-26(19-33(35)44)37(45)41-50/h5,7,10-11,14-20,24,27,30,32,34,36H,4,6,8-9,12-13,21-23H2,1-3H3,(H,41,42,45,46,47)/b7-5+/t24-,27-,30+,32?,34-,36?,39+,50?/m0/s1. The van der Waals surface area contributed by atoms with E-state index in [0.29, 0.717) is 41.8 Å². The fourth-order valence-corrected chi connectivity index (χ4v) is 11.1. The summed E-state index contributed by atoms with van der Waals surface area (Å²) in [5.41, 5.74) is 3.97. The topological polar surface area (TPSA) is 102 Å². The number of allylic oxidation sites excluding steroid dienone is 1. The lowest BCUT2D eigenvalue weighted by atomic mass is 9.70. The molecular formula is C39H45ClN4O5S. The molecule has 0 saturated heterocycles. The number of ether oxygens (including phenoxy) is 2. The van der Waals surface area contributed by atoms with E-state index in [0.717, 1.165) is 55.2 Å². The van der Waals surface area contributed by atoms with Gasteiger partial charge in [0.15, 0.2) is 0 Å². The molecule has 264 valence electrons. The predicted octanol–water partition coefficient (Wildman–Crippen LogP) is 6.83. The van der Waals surface area contributed by atoms with Crippen molar-refractivity contribution in [3.8, 4) is 5.75 Å². The largest absolute Gasteiger partial charge is 0.487 e. The van der Waals surface area contributed by atoms with Gasteiger partial charge in [-0.25, -0.2) is 4.21 Å². The number of hydrogen-bond donors (Lipinski definition) is 1. The van der Waals surface area contributed by atoms with Crippen molar-refractivity contribution in [3.05, 3.63) is 94.3 Å². The second-order valence-corrected chi connectivity index (χ2v) is 17.4. The molecule has 2 fully saturated rings. The molecule has 2 aliphatic heterocycles. The van der Waals surface area contributed by atoms with E-state index in [1.165, 1.54) is 11.1 Å². The number of nitrogens with zero attached hydrogens (tertiary/aromatic N) is 3. The SMILES string of the molecule is CCn1ccc(C(=O)NS2(=O)=NC(=O)c3ccc4c(c3)N(C[C@@H]3CC[C@H]3[C@@H](OC)/C=C/C[C@H](C)C2)C[C@@]23c5ccc(Cl)cc5CCC2C3O4)c1. The number of halogens is 1. The molecule has 9 nitrogen and oxygen atoms in total. The molecule has 8 rings (SSSR count). The van der Waals surface area contributed by atoms with Gasteiger partial charge in [-0.2, -0.15) is 0 Å². The Balaban J connectivity index is 1.20. The summed E-state index contributed by atoms with van der Waals surface area (Å²) in [5.74, 6) is 0.671. The van der Waals surface area contributed by atoms with Crippen molar-refractivity contribution in [2.24, 2.45) is 28.0 Å². The Morgan fingerprint density at radius 3 is 2.80 bits per heavy atom. The number of benzene rings is 2. The van der Waals surface area contributed by atoms with Crippen LogP contribution in [-0.4, -0.2) is 58.8 Å². The van der Waals surface area contributed by atoms with Gasteiger partial charge in [0.05, 0.1) is 28.5 Å². The Hall–Kier alpha value is -3.60. The molecule has 1 aromatic heterocycles. The summed E-state index contributed by atoms with van der Waals surface area (Å²) in [6.45, 7) is 6.20. The van der Waals surface area contributed by atoms with Crippen LogP contribution in [0, 0.1) is 23.7 Å². The van der Waals surface area contributed by atoms with Crippen LogP contribution in [-0.2, 0) is 33.0 Å². The molecule has 3 heterocycles. The fraction of sp³-hybridized carbons (Fsp3) is 0.487. The van der Waals surface area contributed by atoms with Gasteiger partial charge in [0.2, 0.25) is 0 Å². The van der Waals surface area contributed by atoms with Crippen molar-refractivity contribution in [1.29, 1.82) is 0 Å². The zero-order valence-electron chi connectivity index (χ0n) is 28.8. The average Bonchev–Trinajstić information content (AvgIpc) is 3.45. The maximum atomic E-state index is 14.5. The first kappa shape index (κ1) is 33.5. The molecule has 0 radical (unpaired) electrons. The number of methoxy groups -OCH3 is 1. The van der Waals surface area contributed by atoms with E-state index in [4.69, 9.17) is 21.1 Å². The second kappa shape index (κ2) is 12.9. The highest BCUT2D eigenvalue weighted by molar-refractivity contribution is 7.92. The van der Waals surface area contributed by atoms with E-state index < -0.39 is 21.7 Å². The molecule has 11 heteroatoms. The van der Waals surface area contributed by atoms with E-state index in [1.807, 2.05) is 36.6 Å². The molecule has 2 bridgehead atoms. The highest BCUT2D eigenvalue weighted by Crippen LogP contribution is 2.64. The van der Waals surface area contributed by atoms with Gasteiger partial charge in [-0.15, -0.1) is 4.36 Å². The van der Waals surface area contributed by atoms with Gasteiger partial charge in [0.1, 0.15) is 21.8 Å². The molecule has 3 unspecified atom stereocenters. The van der Waals surface area contributed by atoms with E-state index in [1.54, 1.807) is 31.6 Å². The van der Waals surface area contributed by atoms with Gasteiger partial charge in [-0.1, -0.05) is 36.7 Å². The van der Waals surface area contributed by atoms with Gasteiger partial charge in [0, 0.05) is 55.6 Å². The second-order valence-electron chi connectivity index (χ2n) is 14.9. The number of rotatable bonds is 4. The number of fused-ring (bicyclic) bond motifs is 4. The molecule has 2 amide bonds. The van der Waals surface area contributed by atoms with Crippen molar-refractivity contribution >= 4 is 39.0 Å². The quantitative estimate of drug-likeness (QED) is 0.297. The van der Waals surface area contributed by atoms with Crippen molar-refractivity contribution in [2.45, 2.75) is 70.1 Å². The Morgan fingerprint density at radius 1 is 1.18 bits per heavy atom. The van der Waals surface area contributed by atoms with Crippen LogP contribution >= 0.6 is 11.6 Å². The monoisotopic (exact) mass is 716 g/mol. The lowest BCUT2D eigenvalue weighted by Crippen LogP contribution is -2.46. The maximum absolute atomic E-state index is 14.5. The van der Waals surface area contributed by atoms with Crippen LogP contribution in [0.2, 0.25) is 5.02 Å². The first-order valence-corrected chi connectivity index (χ1v) is 20.0. The van der Waals surface area contributed by atoms with Crippen LogP contribution in [0.25, 0.3) is 0 Å². The van der Waals surface area contributed by atoms with Gasteiger partial charge in [-0.3, -0.25) is 14.3 Å². The number of hydrogen-bond acceptors (Lipinski definition) is 6. The van der Waals surface area contributed by atoms with Crippen molar-refractivity contribution in [1.82, 2.24) is 9.29 Å². The van der Waals surface area contributed by atoms with E-state index in [-0.39, 0.29) is 29.3 Å². The van der Waals surface area contributed by atoms with Gasteiger partial charge in [-0.05, 0) is 104 Å². The van der Waals surface area contributed by atoms with Crippen LogP contribution in [0.15, 0.2) is 71.4 Å². The Kier molecular flexibility index (Phi) is 8.63. The number of aryl methyl sites for hydroxylation is 2. The third-order valence-corrected chi connectivity index (χ3v) is 14.1. The van der Waals surface area contributed by atoms with Crippen molar-refractivity contribution in [2.75, 3.05) is 30.9 Å². The first-order valence-electron chi connectivity index (χ1n) is 17.9. The summed E-state index contributed by atoms with van der Waals surface area (Å²) in [5, 5.41) is 0.753. The number of anilines is 1. The van der Waals surface area contributed by atoms with Crippen LogP contribution in [0.1, 0.15) is 71.4 Å². The lowest BCUT2D eigenvalue weighted by molar-refractivity contribution is 0.0133. The van der Waals surface area contributed by atoms with E-state index >= 15 is 0 Å². The Bertz CT molecular complexity index is 2000. The Labute approximate surface area is 299 Å². The molecular weight excluding hydrogens is 672 g/mol. The molecule has 50 heavy (non-hydrogen) atoms. The van der Waals surface area contributed by atoms with Gasteiger partial charge >= 0.3 is 0 Å². The average molecular weight is 717 g/mol. The zero-order valence-corrected chi connectivity index (χ0v) is 30.4. The number of aromatic nitrogens is 1. The van der Waals surface area contributed by atoms with Gasteiger partial charge in [0.25, 0.3) is 11.8 Å². The highest BCUT2D eigenvalue weighted by atomic mass is 35.5. The summed E-state index contributed by atoms with van der Waals surface area (Å²) in [6, 6.07) is 13.4. The minimum atomic E-state index is -3.49. The minimum Gasteiger partial charge on any atom is -0.487 e. The number of carbonyl (C=O) groups excluding carboxylic acids is 2. The highest BCUT2D eigenvalue weighted by Gasteiger charge is 2.70. The van der Waals surface area contributed by atoms with Gasteiger partial charge < -0.3 is 18.9 Å². The summed E-state index contributed by atoms with van der Waals surface area (Å²) in [4.78, 5) is 29.7. The summed E-state index contributed by atoms with van der Waals surface area (Å²) in [7, 11) is -1.72. The molecule has 2 aromatic carbocycles. The fourth-order valence-electron chi connectivity index (χ4n) is 9.05. The molecule has 3 aromatic rings. The van der Waals surface area contributed by atoms with E-state index in [9.17, 15) is 13.8 Å².